The number of benzene rings is 2. The van der Waals surface area contributed by atoms with Crippen molar-refractivity contribution in [3.8, 4) is 11.5 Å². The summed E-state index contributed by atoms with van der Waals surface area (Å²) >= 11 is 5.82. The Morgan fingerprint density at radius 2 is 1.97 bits per heavy atom. The molecule has 30 heavy (non-hydrogen) atoms. The van der Waals surface area contributed by atoms with Crippen LogP contribution in [0.4, 0.5) is 23.2 Å². The minimum absolute atomic E-state index is 0.120. The molecular formula is C18H12ClF4NO6. The molecule has 2 atom stereocenters. The summed E-state index contributed by atoms with van der Waals surface area (Å²) in [5, 5.41) is 10.8. The zero-order valence-corrected chi connectivity index (χ0v) is 15.6. The Kier molecular flexibility index (Phi) is 6.13. The van der Waals surface area contributed by atoms with Crippen LogP contribution in [0, 0.1) is 10.1 Å². The number of nitro benzene ring substituents is 1. The molecule has 160 valence electrons. The fourth-order valence-electron chi connectivity index (χ4n) is 2.61. The number of nitro groups is 1. The van der Waals surface area contributed by atoms with Crippen LogP contribution in [-0.4, -0.2) is 30.0 Å². The van der Waals surface area contributed by atoms with Crippen molar-refractivity contribution < 1.29 is 41.5 Å². The van der Waals surface area contributed by atoms with Crippen LogP contribution in [0.15, 0.2) is 36.4 Å². The fraction of sp³-hybridized carbons (Fsp3) is 0.278. The molecule has 12 heteroatoms. The summed E-state index contributed by atoms with van der Waals surface area (Å²) in [5.74, 6) is -1.44. The topological polar surface area (TPSA) is 87.9 Å². The number of ether oxygens (including phenoxy) is 3. The van der Waals surface area contributed by atoms with Gasteiger partial charge in [-0.2, -0.15) is 13.2 Å². The molecule has 0 spiro atoms. The van der Waals surface area contributed by atoms with Crippen LogP contribution in [0.3, 0.4) is 0 Å². The first-order chi connectivity index (χ1) is 14.0. The van der Waals surface area contributed by atoms with E-state index in [0.29, 0.717) is 6.07 Å². The van der Waals surface area contributed by atoms with Gasteiger partial charge in [0.1, 0.15) is 23.2 Å². The van der Waals surface area contributed by atoms with E-state index in [1.807, 2.05) is 0 Å². The zero-order chi connectivity index (χ0) is 22.1. The largest absolute Gasteiger partial charge is 0.456 e. The molecule has 1 aliphatic heterocycles. The molecule has 1 heterocycles. The molecule has 2 aromatic carbocycles. The van der Waals surface area contributed by atoms with Crippen LogP contribution in [0.2, 0.25) is 5.02 Å². The van der Waals surface area contributed by atoms with Crippen LogP contribution in [0.5, 0.6) is 11.5 Å². The van der Waals surface area contributed by atoms with Crippen molar-refractivity contribution in [3.05, 3.63) is 62.7 Å². The van der Waals surface area contributed by atoms with Crippen molar-refractivity contribution in [2.45, 2.75) is 25.1 Å². The Bertz CT molecular complexity index is 984. The van der Waals surface area contributed by atoms with Gasteiger partial charge in [0.15, 0.2) is 0 Å². The summed E-state index contributed by atoms with van der Waals surface area (Å²) in [6, 6.07) is 5.42. The highest BCUT2D eigenvalue weighted by atomic mass is 35.5. The number of hydrogen-bond donors (Lipinski definition) is 0. The van der Waals surface area contributed by atoms with Crippen molar-refractivity contribution >= 4 is 23.3 Å². The lowest BCUT2D eigenvalue weighted by atomic mass is 10.1. The quantitative estimate of drug-likeness (QED) is 0.266. The average Bonchev–Trinajstić information content (AvgIpc) is 3.07. The predicted octanol–water partition coefficient (Wildman–Crippen LogP) is 5.30. The van der Waals surface area contributed by atoms with Gasteiger partial charge in [-0.25, -0.2) is 9.18 Å². The third-order valence-corrected chi connectivity index (χ3v) is 4.32. The monoisotopic (exact) mass is 449 g/mol. The summed E-state index contributed by atoms with van der Waals surface area (Å²) in [6.45, 7) is -0.268. The molecule has 0 amide bonds. The van der Waals surface area contributed by atoms with Crippen molar-refractivity contribution in [1.82, 2.24) is 0 Å². The summed E-state index contributed by atoms with van der Waals surface area (Å²) in [5.41, 5.74) is -2.11. The second kappa shape index (κ2) is 8.44. The van der Waals surface area contributed by atoms with Gasteiger partial charge in [0.05, 0.1) is 22.1 Å². The van der Waals surface area contributed by atoms with Gasteiger partial charge in [-0.05, 0) is 24.3 Å². The number of nitrogens with zero attached hydrogens (tertiary/aromatic N) is 1. The van der Waals surface area contributed by atoms with E-state index in [0.717, 1.165) is 30.3 Å². The molecule has 2 unspecified atom stereocenters. The lowest BCUT2D eigenvalue weighted by molar-refractivity contribution is -0.385. The number of esters is 1. The lowest BCUT2D eigenvalue weighted by Gasteiger charge is -2.13. The number of carbonyl (C=O) groups is 1. The highest BCUT2D eigenvalue weighted by molar-refractivity contribution is 6.32. The Morgan fingerprint density at radius 1 is 1.23 bits per heavy atom. The molecule has 0 saturated carbocycles. The Labute approximate surface area is 171 Å². The van der Waals surface area contributed by atoms with Crippen LogP contribution in [-0.2, 0) is 15.7 Å². The minimum atomic E-state index is -4.60. The van der Waals surface area contributed by atoms with E-state index in [2.05, 4.69) is 0 Å². The van der Waals surface area contributed by atoms with Gasteiger partial charge in [-0.15, -0.1) is 0 Å². The first-order valence-electron chi connectivity index (χ1n) is 8.34. The van der Waals surface area contributed by atoms with Crippen molar-refractivity contribution in [2.75, 3.05) is 6.61 Å². The molecule has 0 bridgehead atoms. The number of rotatable bonds is 5. The summed E-state index contributed by atoms with van der Waals surface area (Å²) in [7, 11) is 0. The van der Waals surface area contributed by atoms with E-state index in [1.165, 1.54) is 0 Å². The Hall–Kier alpha value is -2.92. The molecule has 2 aromatic rings. The van der Waals surface area contributed by atoms with Gasteiger partial charge < -0.3 is 14.2 Å². The molecule has 3 rings (SSSR count). The Morgan fingerprint density at radius 3 is 2.53 bits per heavy atom. The fourth-order valence-corrected chi connectivity index (χ4v) is 2.83. The van der Waals surface area contributed by atoms with Gasteiger partial charge in [-0.3, -0.25) is 10.1 Å². The van der Waals surface area contributed by atoms with Gasteiger partial charge in [0, 0.05) is 18.6 Å². The second-order valence-corrected chi connectivity index (χ2v) is 6.59. The van der Waals surface area contributed by atoms with Gasteiger partial charge in [-0.1, -0.05) is 11.6 Å². The van der Waals surface area contributed by atoms with E-state index in [9.17, 15) is 32.5 Å². The van der Waals surface area contributed by atoms with Gasteiger partial charge in [0.2, 0.25) is 6.29 Å². The summed E-state index contributed by atoms with van der Waals surface area (Å²) < 4.78 is 66.6. The average molecular weight is 450 g/mol. The zero-order valence-electron chi connectivity index (χ0n) is 14.8. The van der Waals surface area contributed by atoms with Gasteiger partial charge in [0.25, 0.3) is 5.69 Å². The summed E-state index contributed by atoms with van der Waals surface area (Å²) in [6.07, 6.45) is -7.33. The molecule has 0 aliphatic carbocycles. The van der Waals surface area contributed by atoms with Crippen molar-refractivity contribution in [3.63, 3.8) is 0 Å². The van der Waals surface area contributed by atoms with Gasteiger partial charge >= 0.3 is 12.1 Å². The molecule has 1 saturated heterocycles. The normalized spacial score (nSPS) is 18.8. The maximum Gasteiger partial charge on any atom is 0.416 e. The molecule has 0 radical (unpaired) electrons. The molecule has 1 aliphatic rings. The van der Waals surface area contributed by atoms with Crippen molar-refractivity contribution in [2.24, 2.45) is 0 Å². The van der Waals surface area contributed by atoms with Crippen molar-refractivity contribution in [1.29, 1.82) is 0 Å². The molecule has 1 fully saturated rings. The summed E-state index contributed by atoms with van der Waals surface area (Å²) in [4.78, 5) is 22.7. The first-order valence-corrected chi connectivity index (χ1v) is 8.72. The number of carbonyl (C=O) groups excluding carboxylic acids is 1. The maximum absolute atomic E-state index is 13.2. The molecular weight excluding hydrogens is 438 g/mol. The third kappa shape index (κ3) is 4.97. The first kappa shape index (κ1) is 21.8. The number of halogens is 5. The van der Waals surface area contributed by atoms with Crippen LogP contribution < -0.4 is 4.74 Å². The predicted molar refractivity (Wildman–Crippen MR) is 94.3 cm³/mol. The maximum atomic E-state index is 13.2. The van der Waals surface area contributed by atoms with E-state index in [4.69, 9.17) is 25.8 Å². The standard InChI is InChI=1S/C18H12ClF4NO6/c19-13-5-9(18(21,22)23)1-4-15(13)29-11-2-3-14(24(26)27)12(7-11)17(25)30-16-6-10(20)8-28-16/h1-5,7,10,16H,6,8H2. The minimum Gasteiger partial charge on any atom is -0.456 e. The third-order valence-electron chi connectivity index (χ3n) is 4.02. The molecule has 0 aromatic heterocycles. The van der Waals surface area contributed by atoms with E-state index in [-0.39, 0.29) is 29.5 Å². The van der Waals surface area contributed by atoms with E-state index in [1.54, 1.807) is 0 Å². The number of hydrogen-bond acceptors (Lipinski definition) is 6. The van der Waals surface area contributed by atoms with Crippen LogP contribution >= 0.6 is 11.6 Å². The molecule has 0 N–H and O–H groups in total. The Balaban J connectivity index is 1.85. The smallest absolute Gasteiger partial charge is 0.416 e. The SMILES string of the molecule is O=C(OC1CC(F)CO1)c1cc(Oc2ccc(C(F)(F)F)cc2Cl)ccc1[N+](=O)[O-]. The van der Waals surface area contributed by atoms with E-state index >= 15 is 0 Å². The number of alkyl halides is 4. The van der Waals surface area contributed by atoms with E-state index < -0.39 is 46.3 Å². The lowest BCUT2D eigenvalue weighted by Crippen LogP contribution is -2.18. The molecule has 7 nitrogen and oxygen atoms in total. The highest BCUT2D eigenvalue weighted by Gasteiger charge is 2.32. The highest BCUT2D eigenvalue weighted by Crippen LogP contribution is 2.37. The van der Waals surface area contributed by atoms with Crippen LogP contribution in [0.25, 0.3) is 0 Å². The second-order valence-electron chi connectivity index (χ2n) is 6.18. The van der Waals surface area contributed by atoms with Crippen LogP contribution in [0.1, 0.15) is 22.3 Å².